The summed E-state index contributed by atoms with van der Waals surface area (Å²) in [6.45, 7) is 0.796. The number of aliphatic carboxylic acids is 1. The summed E-state index contributed by atoms with van der Waals surface area (Å²) in [6.07, 6.45) is 12.0. The maximum absolute atomic E-state index is 10.9. The van der Waals surface area contributed by atoms with Crippen LogP contribution in [-0.4, -0.2) is 34.5 Å². The van der Waals surface area contributed by atoms with Gasteiger partial charge in [0.1, 0.15) is 0 Å². The van der Waals surface area contributed by atoms with E-state index < -0.39 is 5.97 Å². The Hall–Kier alpha value is -4.94. The number of anilines is 2. The molecule has 4 aromatic carbocycles. The Morgan fingerprint density at radius 3 is 2.43 bits per heavy atom. The zero-order valence-electron chi connectivity index (χ0n) is 25.0. The summed E-state index contributed by atoms with van der Waals surface area (Å²) in [5, 5.41) is 14.8. The summed E-state index contributed by atoms with van der Waals surface area (Å²) in [4.78, 5) is 13.1. The maximum atomic E-state index is 10.9. The molecule has 44 heavy (non-hydrogen) atoms. The van der Waals surface area contributed by atoms with Gasteiger partial charge in [-0.2, -0.15) is 5.10 Å². The van der Waals surface area contributed by atoms with Crippen LogP contribution in [0.5, 0.6) is 0 Å². The molecule has 1 aliphatic heterocycles. The third kappa shape index (κ3) is 6.99. The lowest BCUT2D eigenvalue weighted by Gasteiger charge is -2.23. The molecular weight excluding hydrogens is 546 g/mol. The smallest absolute Gasteiger partial charge is 0.328 e. The second-order valence-electron chi connectivity index (χ2n) is 11.3. The number of carbonyl (C=O) groups is 1. The van der Waals surface area contributed by atoms with E-state index in [1.165, 1.54) is 23.1 Å². The van der Waals surface area contributed by atoms with Crippen molar-refractivity contribution in [3.63, 3.8) is 0 Å². The molecule has 6 heteroatoms. The predicted octanol–water partition coefficient (Wildman–Crippen LogP) is 8.77. The Balaban J connectivity index is 1.25. The molecule has 0 aliphatic carbocycles. The largest absolute Gasteiger partial charge is 0.478 e. The molecule has 6 rings (SSSR count). The average molecular weight is 584 g/mol. The standard InChI is InChI=1S/C38H37N3O3/c1-40(34-7-3-2-4-8-34)35-20-18-31(19-21-35)32(25-29-12-10-28(11-13-29)16-23-38(42)43)17-14-30-15-22-36-33(26-30)27-39-41(36)37-9-5-6-24-44-37/h2-4,7-8,10-13,15-16,18-23,25-27,37H,5-6,9,14,17,24H2,1H3,(H,42,43). The van der Waals surface area contributed by atoms with Gasteiger partial charge in [0, 0.05) is 36.5 Å². The van der Waals surface area contributed by atoms with Crippen molar-refractivity contribution >= 4 is 46.0 Å². The lowest BCUT2D eigenvalue weighted by atomic mass is 9.95. The fourth-order valence-electron chi connectivity index (χ4n) is 5.75. The first-order valence-corrected chi connectivity index (χ1v) is 15.2. The number of carboxylic acid groups (broad SMARTS) is 1. The van der Waals surface area contributed by atoms with Gasteiger partial charge in [-0.05, 0) is 102 Å². The van der Waals surface area contributed by atoms with Crippen LogP contribution in [-0.2, 0) is 16.0 Å². The van der Waals surface area contributed by atoms with Crippen LogP contribution < -0.4 is 4.90 Å². The van der Waals surface area contributed by atoms with E-state index in [-0.39, 0.29) is 6.23 Å². The summed E-state index contributed by atoms with van der Waals surface area (Å²) in [6, 6.07) is 33.7. The van der Waals surface area contributed by atoms with Gasteiger partial charge in [-0.3, -0.25) is 0 Å². The van der Waals surface area contributed by atoms with Gasteiger partial charge in [0.2, 0.25) is 0 Å². The van der Waals surface area contributed by atoms with Crippen molar-refractivity contribution in [3.8, 4) is 0 Å². The number of ether oxygens (including phenoxy) is 1. The quantitative estimate of drug-likeness (QED) is 0.131. The van der Waals surface area contributed by atoms with Crippen LogP contribution >= 0.6 is 0 Å². The third-order valence-electron chi connectivity index (χ3n) is 8.24. The number of hydrogen-bond acceptors (Lipinski definition) is 4. The van der Waals surface area contributed by atoms with Crippen molar-refractivity contribution < 1.29 is 14.6 Å². The van der Waals surface area contributed by atoms with Crippen LogP contribution in [0.2, 0.25) is 0 Å². The zero-order chi connectivity index (χ0) is 30.3. The first-order chi connectivity index (χ1) is 21.5. The van der Waals surface area contributed by atoms with Gasteiger partial charge in [0.15, 0.2) is 6.23 Å². The van der Waals surface area contributed by atoms with Crippen molar-refractivity contribution in [1.82, 2.24) is 9.78 Å². The van der Waals surface area contributed by atoms with Crippen molar-refractivity contribution in [3.05, 3.63) is 132 Å². The van der Waals surface area contributed by atoms with Gasteiger partial charge in [-0.25, -0.2) is 9.48 Å². The molecule has 0 spiro atoms. The fraction of sp³-hybridized carbons (Fsp3) is 0.211. The topological polar surface area (TPSA) is 67.6 Å². The number of benzene rings is 4. The highest BCUT2D eigenvalue weighted by Gasteiger charge is 2.18. The van der Waals surface area contributed by atoms with Crippen molar-refractivity contribution in [2.45, 2.75) is 38.3 Å². The van der Waals surface area contributed by atoms with Crippen LogP contribution in [0, 0.1) is 0 Å². The first kappa shape index (κ1) is 29.1. The SMILES string of the molecule is CN(c1ccccc1)c1ccc(C(=Cc2ccc(C=CC(=O)O)cc2)CCc2ccc3c(cnn3C3CCCCO3)c2)cc1. The summed E-state index contributed by atoms with van der Waals surface area (Å²) in [5.41, 5.74) is 8.98. The number of aryl methyl sites for hydroxylation is 1. The van der Waals surface area contributed by atoms with Gasteiger partial charge < -0.3 is 14.7 Å². The molecule has 0 bridgehead atoms. The van der Waals surface area contributed by atoms with Crippen LogP contribution in [0.15, 0.2) is 109 Å². The molecule has 1 unspecified atom stereocenters. The fourth-order valence-corrected chi connectivity index (χ4v) is 5.75. The van der Waals surface area contributed by atoms with Gasteiger partial charge >= 0.3 is 5.97 Å². The predicted molar refractivity (Wildman–Crippen MR) is 179 cm³/mol. The van der Waals surface area contributed by atoms with Crippen LogP contribution in [0.4, 0.5) is 11.4 Å². The number of aromatic nitrogens is 2. The third-order valence-corrected chi connectivity index (χ3v) is 8.24. The first-order valence-electron chi connectivity index (χ1n) is 15.2. The molecule has 0 radical (unpaired) electrons. The number of para-hydroxylation sites is 1. The molecule has 1 atom stereocenters. The molecule has 2 heterocycles. The molecule has 1 fully saturated rings. The number of fused-ring (bicyclic) bond motifs is 1. The molecule has 1 aromatic heterocycles. The maximum Gasteiger partial charge on any atom is 0.328 e. The summed E-state index contributed by atoms with van der Waals surface area (Å²) in [7, 11) is 2.08. The Morgan fingerprint density at radius 1 is 0.955 bits per heavy atom. The molecular formula is C38H37N3O3. The minimum Gasteiger partial charge on any atom is -0.478 e. The molecule has 6 nitrogen and oxygen atoms in total. The van der Waals surface area contributed by atoms with Gasteiger partial charge in [0.05, 0.1) is 11.7 Å². The summed E-state index contributed by atoms with van der Waals surface area (Å²) < 4.78 is 8.02. The van der Waals surface area contributed by atoms with E-state index in [0.29, 0.717) is 0 Å². The number of rotatable bonds is 10. The number of allylic oxidation sites excluding steroid dienone is 1. The molecule has 1 aliphatic rings. The van der Waals surface area contributed by atoms with Gasteiger partial charge in [0.25, 0.3) is 0 Å². The number of nitrogens with zero attached hydrogens (tertiary/aromatic N) is 3. The van der Waals surface area contributed by atoms with E-state index in [1.54, 1.807) is 6.08 Å². The van der Waals surface area contributed by atoms with Crippen LogP contribution in [0.1, 0.15) is 54.2 Å². The number of hydrogen-bond donors (Lipinski definition) is 1. The molecule has 222 valence electrons. The second-order valence-corrected chi connectivity index (χ2v) is 11.3. The minimum absolute atomic E-state index is 0.0246. The molecule has 0 saturated carbocycles. The van der Waals surface area contributed by atoms with E-state index in [9.17, 15) is 4.79 Å². The van der Waals surface area contributed by atoms with Crippen LogP contribution in [0.25, 0.3) is 28.6 Å². The summed E-state index contributed by atoms with van der Waals surface area (Å²) >= 11 is 0. The molecule has 1 N–H and O–H groups in total. The Kier molecular flexibility index (Phi) is 8.99. The lowest BCUT2D eigenvalue weighted by molar-refractivity contribution is -0.131. The Labute approximate surface area is 258 Å². The van der Waals surface area contributed by atoms with E-state index in [1.807, 2.05) is 41.2 Å². The number of carboxylic acids is 1. The Bertz CT molecular complexity index is 1760. The molecule has 5 aromatic rings. The van der Waals surface area contributed by atoms with Gasteiger partial charge in [-0.15, -0.1) is 0 Å². The molecule has 1 saturated heterocycles. The average Bonchev–Trinajstić information content (AvgIpc) is 3.50. The highest BCUT2D eigenvalue weighted by Crippen LogP contribution is 2.30. The highest BCUT2D eigenvalue weighted by molar-refractivity contribution is 5.86. The Morgan fingerprint density at radius 2 is 1.70 bits per heavy atom. The second kappa shape index (κ2) is 13.6. The van der Waals surface area contributed by atoms with Gasteiger partial charge in [-0.1, -0.05) is 66.7 Å². The normalized spacial score (nSPS) is 15.6. The minimum atomic E-state index is -0.953. The zero-order valence-corrected chi connectivity index (χ0v) is 25.0. The van der Waals surface area contributed by atoms with Crippen molar-refractivity contribution in [2.75, 3.05) is 18.6 Å². The van der Waals surface area contributed by atoms with E-state index in [0.717, 1.165) is 71.8 Å². The highest BCUT2D eigenvalue weighted by atomic mass is 16.5. The van der Waals surface area contributed by atoms with Crippen LogP contribution in [0.3, 0.4) is 0 Å². The van der Waals surface area contributed by atoms with E-state index >= 15 is 0 Å². The molecule has 0 amide bonds. The van der Waals surface area contributed by atoms with Crippen molar-refractivity contribution in [1.29, 1.82) is 0 Å². The van der Waals surface area contributed by atoms with Crippen molar-refractivity contribution in [2.24, 2.45) is 0 Å². The monoisotopic (exact) mass is 583 g/mol. The lowest BCUT2D eigenvalue weighted by Crippen LogP contribution is -2.18. The summed E-state index contributed by atoms with van der Waals surface area (Å²) in [5.74, 6) is -0.953. The van der Waals surface area contributed by atoms with E-state index in [4.69, 9.17) is 9.84 Å². The van der Waals surface area contributed by atoms with E-state index in [2.05, 4.69) is 89.9 Å².